The van der Waals surface area contributed by atoms with Crippen molar-refractivity contribution in [1.82, 2.24) is 15.1 Å². The molecule has 96 valence electrons. The van der Waals surface area contributed by atoms with Crippen LogP contribution in [0.2, 0.25) is 0 Å². The molecule has 1 aromatic heterocycles. The molecule has 1 aromatic carbocycles. The minimum atomic E-state index is 0.716. The van der Waals surface area contributed by atoms with Gasteiger partial charge < -0.3 is 10.1 Å². The van der Waals surface area contributed by atoms with Crippen molar-refractivity contribution in [3.8, 4) is 5.69 Å². The minimum Gasteiger partial charge on any atom is -0.383 e. The lowest BCUT2D eigenvalue weighted by molar-refractivity contribution is 0.199. The summed E-state index contributed by atoms with van der Waals surface area (Å²) in [4.78, 5) is 0. The zero-order valence-electron chi connectivity index (χ0n) is 10.3. The first-order valence-electron chi connectivity index (χ1n) is 5.80. The number of nitrogens with zero attached hydrogens (tertiary/aromatic N) is 2. The SMILES string of the molecule is COCCNCc1ccn(-c2ccc(Br)cc2)n1. The first-order valence-corrected chi connectivity index (χ1v) is 6.59. The summed E-state index contributed by atoms with van der Waals surface area (Å²) in [6, 6.07) is 10.1. The number of methoxy groups -OCH3 is 1. The van der Waals surface area contributed by atoms with Crippen LogP contribution >= 0.6 is 15.9 Å². The third-order valence-electron chi connectivity index (χ3n) is 2.52. The molecule has 0 atom stereocenters. The Hall–Kier alpha value is -1.17. The molecule has 0 aliphatic carbocycles. The van der Waals surface area contributed by atoms with Crippen molar-refractivity contribution in [2.75, 3.05) is 20.3 Å². The van der Waals surface area contributed by atoms with Crippen molar-refractivity contribution in [2.45, 2.75) is 6.54 Å². The van der Waals surface area contributed by atoms with Crippen LogP contribution in [0.1, 0.15) is 5.69 Å². The Labute approximate surface area is 115 Å². The van der Waals surface area contributed by atoms with E-state index in [9.17, 15) is 0 Å². The van der Waals surface area contributed by atoms with E-state index in [1.54, 1.807) is 7.11 Å². The Kier molecular flexibility index (Phi) is 4.92. The van der Waals surface area contributed by atoms with Gasteiger partial charge in [-0.15, -0.1) is 0 Å². The molecule has 18 heavy (non-hydrogen) atoms. The third kappa shape index (κ3) is 3.66. The molecule has 0 amide bonds. The Balaban J connectivity index is 1.95. The predicted molar refractivity (Wildman–Crippen MR) is 74.8 cm³/mol. The number of ether oxygens (including phenoxy) is 1. The highest BCUT2D eigenvalue weighted by atomic mass is 79.9. The second-order valence-electron chi connectivity index (χ2n) is 3.90. The first kappa shape index (κ1) is 13.3. The summed E-state index contributed by atoms with van der Waals surface area (Å²) in [6.07, 6.45) is 1.97. The van der Waals surface area contributed by atoms with Crippen molar-refractivity contribution in [3.63, 3.8) is 0 Å². The molecule has 1 N–H and O–H groups in total. The van der Waals surface area contributed by atoms with Crippen LogP contribution in [0.25, 0.3) is 5.69 Å². The molecular weight excluding hydrogens is 294 g/mol. The van der Waals surface area contributed by atoms with Gasteiger partial charge in [0.2, 0.25) is 0 Å². The predicted octanol–water partition coefficient (Wildman–Crippen LogP) is 2.37. The number of rotatable bonds is 6. The molecule has 0 fully saturated rings. The summed E-state index contributed by atoms with van der Waals surface area (Å²) >= 11 is 3.42. The molecule has 0 unspecified atom stereocenters. The average molecular weight is 310 g/mol. The maximum atomic E-state index is 4.97. The molecule has 0 saturated heterocycles. The molecular formula is C13H16BrN3O. The van der Waals surface area contributed by atoms with E-state index < -0.39 is 0 Å². The second kappa shape index (κ2) is 6.68. The number of halogens is 1. The number of nitrogens with one attached hydrogen (secondary N) is 1. The standard InChI is InChI=1S/C13H16BrN3O/c1-18-9-7-15-10-12-6-8-17(16-12)13-4-2-11(14)3-5-13/h2-6,8,15H,7,9-10H2,1H3. The van der Waals surface area contributed by atoms with E-state index in [0.29, 0.717) is 6.61 Å². The summed E-state index contributed by atoms with van der Waals surface area (Å²) in [6.45, 7) is 2.31. The Morgan fingerprint density at radius 1 is 1.28 bits per heavy atom. The van der Waals surface area contributed by atoms with Crippen molar-refractivity contribution in [2.24, 2.45) is 0 Å². The van der Waals surface area contributed by atoms with Crippen LogP contribution in [0.5, 0.6) is 0 Å². The van der Waals surface area contributed by atoms with Crippen molar-refractivity contribution < 1.29 is 4.74 Å². The fourth-order valence-electron chi connectivity index (χ4n) is 1.58. The zero-order valence-corrected chi connectivity index (χ0v) is 11.9. The van der Waals surface area contributed by atoms with Gasteiger partial charge in [0.15, 0.2) is 0 Å². The first-order chi connectivity index (χ1) is 8.79. The normalized spacial score (nSPS) is 10.8. The summed E-state index contributed by atoms with van der Waals surface area (Å²) in [5.74, 6) is 0. The zero-order chi connectivity index (χ0) is 12.8. The lowest BCUT2D eigenvalue weighted by Gasteiger charge is -2.02. The maximum absolute atomic E-state index is 4.97. The minimum absolute atomic E-state index is 0.716. The Morgan fingerprint density at radius 2 is 2.06 bits per heavy atom. The van der Waals surface area contributed by atoms with Gasteiger partial charge in [0.1, 0.15) is 0 Å². The van der Waals surface area contributed by atoms with Crippen LogP contribution in [-0.2, 0) is 11.3 Å². The van der Waals surface area contributed by atoms with Crippen LogP contribution < -0.4 is 5.32 Å². The van der Waals surface area contributed by atoms with E-state index in [1.165, 1.54) is 0 Å². The molecule has 0 aliphatic heterocycles. The van der Waals surface area contributed by atoms with Crippen LogP contribution in [0.15, 0.2) is 41.0 Å². The maximum Gasteiger partial charge on any atom is 0.0766 e. The summed E-state index contributed by atoms with van der Waals surface area (Å²) in [5, 5.41) is 7.77. The molecule has 5 heteroatoms. The smallest absolute Gasteiger partial charge is 0.0766 e. The highest BCUT2D eigenvalue weighted by Gasteiger charge is 2.00. The van der Waals surface area contributed by atoms with Crippen LogP contribution in [0.4, 0.5) is 0 Å². The largest absolute Gasteiger partial charge is 0.383 e. The summed E-state index contributed by atoms with van der Waals surface area (Å²) < 4.78 is 7.92. The molecule has 0 aliphatic rings. The fraction of sp³-hybridized carbons (Fsp3) is 0.308. The van der Waals surface area contributed by atoms with Crippen LogP contribution in [0, 0.1) is 0 Å². The van der Waals surface area contributed by atoms with Crippen molar-refractivity contribution >= 4 is 15.9 Å². The number of hydrogen-bond acceptors (Lipinski definition) is 3. The van der Waals surface area contributed by atoms with Gasteiger partial charge in [-0.25, -0.2) is 4.68 Å². The van der Waals surface area contributed by atoms with E-state index in [4.69, 9.17) is 4.74 Å². The van der Waals surface area contributed by atoms with Crippen molar-refractivity contribution in [1.29, 1.82) is 0 Å². The van der Waals surface area contributed by atoms with Gasteiger partial charge in [0.25, 0.3) is 0 Å². The summed E-state index contributed by atoms with van der Waals surface area (Å²) in [7, 11) is 1.70. The fourth-order valence-corrected chi connectivity index (χ4v) is 1.85. The molecule has 4 nitrogen and oxygen atoms in total. The van der Waals surface area contributed by atoms with E-state index in [-0.39, 0.29) is 0 Å². The average Bonchev–Trinajstić information content (AvgIpc) is 2.84. The lowest BCUT2D eigenvalue weighted by Crippen LogP contribution is -2.18. The van der Waals surface area contributed by atoms with E-state index in [0.717, 1.165) is 28.9 Å². The summed E-state index contributed by atoms with van der Waals surface area (Å²) in [5.41, 5.74) is 2.08. The lowest BCUT2D eigenvalue weighted by atomic mass is 10.3. The van der Waals surface area contributed by atoms with Crippen LogP contribution in [-0.4, -0.2) is 30.0 Å². The quantitative estimate of drug-likeness (QED) is 0.833. The highest BCUT2D eigenvalue weighted by molar-refractivity contribution is 9.10. The molecule has 0 saturated carbocycles. The highest BCUT2D eigenvalue weighted by Crippen LogP contribution is 2.13. The molecule has 1 heterocycles. The van der Waals surface area contributed by atoms with Crippen molar-refractivity contribution in [3.05, 3.63) is 46.7 Å². The molecule has 2 aromatic rings. The van der Waals surface area contributed by atoms with Gasteiger partial charge in [0, 0.05) is 30.9 Å². The number of aromatic nitrogens is 2. The Bertz CT molecular complexity index is 481. The second-order valence-corrected chi connectivity index (χ2v) is 4.81. The topological polar surface area (TPSA) is 39.1 Å². The van der Waals surface area contributed by atoms with Gasteiger partial charge in [-0.2, -0.15) is 5.10 Å². The number of hydrogen-bond donors (Lipinski definition) is 1. The van der Waals surface area contributed by atoms with Gasteiger partial charge >= 0.3 is 0 Å². The van der Waals surface area contributed by atoms with E-state index in [2.05, 4.69) is 26.3 Å². The van der Waals surface area contributed by atoms with E-state index >= 15 is 0 Å². The molecule has 0 radical (unpaired) electrons. The molecule has 2 rings (SSSR count). The van der Waals surface area contributed by atoms with Gasteiger partial charge in [-0.05, 0) is 30.3 Å². The molecule has 0 bridgehead atoms. The van der Waals surface area contributed by atoms with Crippen LogP contribution in [0.3, 0.4) is 0 Å². The third-order valence-corrected chi connectivity index (χ3v) is 3.05. The number of benzene rings is 1. The van der Waals surface area contributed by atoms with Gasteiger partial charge in [-0.1, -0.05) is 15.9 Å². The molecule has 0 spiro atoms. The Morgan fingerprint density at radius 3 is 2.78 bits per heavy atom. The monoisotopic (exact) mass is 309 g/mol. The van der Waals surface area contributed by atoms with Gasteiger partial charge in [-0.3, -0.25) is 0 Å². The van der Waals surface area contributed by atoms with Gasteiger partial charge in [0.05, 0.1) is 18.0 Å². The van der Waals surface area contributed by atoms with E-state index in [1.807, 2.05) is 41.2 Å².